The zero-order valence-corrected chi connectivity index (χ0v) is 14.7. The van der Waals surface area contributed by atoms with Crippen molar-refractivity contribution >= 4 is 17.4 Å². The SMILES string of the molecule is Cc1cnc(CNC(=O)N(CCCO)[C@H]2CCc3ccccc32)s1. The van der Waals surface area contributed by atoms with Crippen LogP contribution in [0.3, 0.4) is 0 Å². The Balaban J connectivity index is 1.70. The molecule has 0 spiro atoms. The first-order valence-corrected chi connectivity index (χ1v) is 9.15. The second-order valence-corrected chi connectivity index (χ2v) is 7.37. The number of nitrogens with one attached hydrogen (secondary N) is 1. The van der Waals surface area contributed by atoms with Gasteiger partial charge in [0.05, 0.1) is 12.6 Å². The highest BCUT2D eigenvalue weighted by Crippen LogP contribution is 2.35. The molecule has 128 valence electrons. The molecule has 0 saturated heterocycles. The summed E-state index contributed by atoms with van der Waals surface area (Å²) < 4.78 is 0. The number of carbonyl (C=O) groups is 1. The minimum atomic E-state index is -0.0852. The lowest BCUT2D eigenvalue weighted by Gasteiger charge is -2.29. The molecule has 5 nitrogen and oxygen atoms in total. The Kier molecular flexibility index (Phi) is 5.48. The summed E-state index contributed by atoms with van der Waals surface area (Å²) in [6.45, 7) is 3.09. The van der Waals surface area contributed by atoms with Gasteiger partial charge >= 0.3 is 6.03 Å². The number of aryl methyl sites for hydroxylation is 2. The molecule has 1 heterocycles. The number of thiazole rings is 1. The van der Waals surface area contributed by atoms with Gasteiger partial charge in [-0.2, -0.15) is 0 Å². The Morgan fingerprint density at radius 3 is 3.04 bits per heavy atom. The molecule has 3 rings (SSSR count). The van der Waals surface area contributed by atoms with Crippen molar-refractivity contribution in [3.63, 3.8) is 0 Å². The van der Waals surface area contributed by atoms with E-state index in [0.29, 0.717) is 19.5 Å². The molecule has 2 N–H and O–H groups in total. The Hall–Kier alpha value is -1.92. The molecule has 1 aliphatic rings. The molecule has 0 bridgehead atoms. The van der Waals surface area contributed by atoms with E-state index in [1.807, 2.05) is 30.2 Å². The van der Waals surface area contributed by atoms with Crippen LogP contribution in [0.2, 0.25) is 0 Å². The van der Waals surface area contributed by atoms with Gasteiger partial charge in [0.2, 0.25) is 0 Å². The molecule has 0 radical (unpaired) electrons. The molecule has 24 heavy (non-hydrogen) atoms. The predicted molar refractivity (Wildman–Crippen MR) is 95.0 cm³/mol. The largest absolute Gasteiger partial charge is 0.396 e. The van der Waals surface area contributed by atoms with Gasteiger partial charge in [-0.25, -0.2) is 9.78 Å². The molecule has 2 amide bonds. The summed E-state index contributed by atoms with van der Waals surface area (Å²) in [5, 5.41) is 13.1. The van der Waals surface area contributed by atoms with Crippen LogP contribution >= 0.6 is 11.3 Å². The number of fused-ring (bicyclic) bond motifs is 1. The van der Waals surface area contributed by atoms with E-state index in [2.05, 4.69) is 22.4 Å². The number of aliphatic hydroxyl groups excluding tert-OH is 1. The summed E-state index contributed by atoms with van der Waals surface area (Å²) in [5.41, 5.74) is 2.55. The maximum Gasteiger partial charge on any atom is 0.318 e. The highest BCUT2D eigenvalue weighted by molar-refractivity contribution is 7.11. The van der Waals surface area contributed by atoms with E-state index in [9.17, 15) is 9.90 Å². The van der Waals surface area contributed by atoms with E-state index in [0.717, 1.165) is 22.7 Å². The van der Waals surface area contributed by atoms with Gasteiger partial charge in [-0.3, -0.25) is 0 Å². The highest BCUT2D eigenvalue weighted by Gasteiger charge is 2.30. The van der Waals surface area contributed by atoms with Gasteiger partial charge in [0.1, 0.15) is 5.01 Å². The molecule has 6 heteroatoms. The van der Waals surface area contributed by atoms with Crippen molar-refractivity contribution < 1.29 is 9.90 Å². The smallest absolute Gasteiger partial charge is 0.318 e. The van der Waals surface area contributed by atoms with Gasteiger partial charge in [-0.15, -0.1) is 11.3 Å². The first-order valence-electron chi connectivity index (χ1n) is 8.33. The Morgan fingerprint density at radius 1 is 1.46 bits per heavy atom. The fourth-order valence-corrected chi connectivity index (χ4v) is 3.96. The van der Waals surface area contributed by atoms with Gasteiger partial charge in [0, 0.05) is 24.2 Å². The number of benzene rings is 1. The fourth-order valence-electron chi connectivity index (χ4n) is 3.23. The van der Waals surface area contributed by atoms with Crippen LogP contribution in [0.15, 0.2) is 30.5 Å². The van der Waals surface area contributed by atoms with Crippen LogP contribution in [0.1, 0.15) is 39.9 Å². The van der Waals surface area contributed by atoms with E-state index < -0.39 is 0 Å². The zero-order chi connectivity index (χ0) is 16.9. The van der Waals surface area contributed by atoms with Crippen LogP contribution in [0.5, 0.6) is 0 Å². The lowest BCUT2D eigenvalue weighted by atomic mass is 10.1. The predicted octanol–water partition coefficient (Wildman–Crippen LogP) is 3.03. The van der Waals surface area contributed by atoms with Crippen LogP contribution in [0, 0.1) is 6.92 Å². The summed E-state index contributed by atoms with van der Waals surface area (Å²) in [4.78, 5) is 20.0. The number of hydrogen-bond donors (Lipinski definition) is 2. The van der Waals surface area contributed by atoms with Crippen molar-refractivity contribution in [3.8, 4) is 0 Å². The Labute approximate surface area is 146 Å². The maximum absolute atomic E-state index is 12.7. The monoisotopic (exact) mass is 345 g/mol. The number of carbonyl (C=O) groups excluding carboxylic acids is 1. The number of hydrogen-bond acceptors (Lipinski definition) is 4. The summed E-state index contributed by atoms with van der Waals surface area (Å²) in [7, 11) is 0. The van der Waals surface area contributed by atoms with Crippen molar-refractivity contribution in [1.29, 1.82) is 0 Å². The van der Waals surface area contributed by atoms with Crippen LogP contribution in [-0.4, -0.2) is 34.2 Å². The van der Waals surface area contributed by atoms with Gasteiger partial charge in [-0.1, -0.05) is 24.3 Å². The van der Waals surface area contributed by atoms with E-state index in [1.165, 1.54) is 11.1 Å². The second-order valence-electron chi connectivity index (χ2n) is 6.05. The Bertz CT molecular complexity index is 701. The van der Waals surface area contributed by atoms with Crippen LogP contribution in [0.4, 0.5) is 4.79 Å². The second kappa shape index (κ2) is 7.77. The summed E-state index contributed by atoms with van der Waals surface area (Å²) >= 11 is 1.60. The van der Waals surface area contributed by atoms with Crippen molar-refractivity contribution in [2.45, 2.75) is 38.8 Å². The number of nitrogens with zero attached hydrogens (tertiary/aromatic N) is 2. The molecule has 0 saturated carbocycles. The van der Waals surface area contributed by atoms with Gasteiger partial charge < -0.3 is 15.3 Å². The van der Waals surface area contributed by atoms with Gasteiger partial charge in [0.15, 0.2) is 0 Å². The zero-order valence-electron chi connectivity index (χ0n) is 13.9. The summed E-state index contributed by atoms with van der Waals surface area (Å²) in [5.74, 6) is 0. The lowest BCUT2D eigenvalue weighted by molar-refractivity contribution is 0.164. The molecule has 0 aliphatic heterocycles. The number of urea groups is 1. The fraction of sp³-hybridized carbons (Fsp3) is 0.444. The van der Waals surface area contributed by atoms with Gasteiger partial charge in [-0.05, 0) is 37.3 Å². The molecular weight excluding hydrogens is 322 g/mol. The minimum Gasteiger partial charge on any atom is -0.396 e. The maximum atomic E-state index is 12.7. The lowest BCUT2D eigenvalue weighted by Crippen LogP contribution is -2.42. The standard InChI is InChI=1S/C18H23N3O2S/c1-13-11-19-17(24-13)12-20-18(23)21(9-4-10-22)16-8-7-14-5-2-3-6-15(14)16/h2-3,5-6,11,16,22H,4,7-10,12H2,1H3,(H,20,23)/t16-/m0/s1. The van der Waals surface area contributed by atoms with Crippen LogP contribution in [-0.2, 0) is 13.0 Å². The third kappa shape index (κ3) is 3.76. The number of aromatic nitrogens is 1. The number of aliphatic hydroxyl groups is 1. The normalized spacial score (nSPS) is 16.0. The first-order chi connectivity index (χ1) is 11.7. The topological polar surface area (TPSA) is 65.5 Å². The first kappa shape index (κ1) is 16.9. The van der Waals surface area contributed by atoms with Crippen molar-refractivity contribution in [2.75, 3.05) is 13.2 Å². The molecule has 1 aromatic carbocycles. The van der Waals surface area contributed by atoms with Gasteiger partial charge in [0.25, 0.3) is 0 Å². The van der Waals surface area contributed by atoms with Crippen LogP contribution < -0.4 is 5.32 Å². The molecule has 1 aliphatic carbocycles. The third-order valence-electron chi connectivity index (χ3n) is 4.36. The highest BCUT2D eigenvalue weighted by atomic mass is 32.1. The quantitative estimate of drug-likeness (QED) is 0.846. The van der Waals surface area contributed by atoms with Crippen LogP contribution in [0.25, 0.3) is 0 Å². The molecule has 1 aromatic heterocycles. The summed E-state index contributed by atoms with van der Waals surface area (Å²) in [6.07, 6.45) is 4.34. The average Bonchev–Trinajstić information content (AvgIpc) is 3.20. The minimum absolute atomic E-state index is 0.0852. The molecule has 0 unspecified atom stereocenters. The van der Waals surface area contributed by atoms with E-state index in [4.69, 9.17) is 0 Å². The number of rotatable bonds is 6. The molecule has 0 fully saturated rings. The Morgan fingerprint density at radius 2 is 2.29 bits per heavy atom. The van der Waals surface area contributed by atoms with Crippen molar-refractivity contribution in [2.24, 2.45) is 0 Å². The molecular formula is C18H23N3O2S. The average molecular weight is 345 g/mol. The third-order valence-corrected chi connectivity index (χ3v) is 5.27. The molecule has 1 atom stereocenters. The number of amides is 2. The van der Waals surface area contributed by atoms with E-state index in [1.54, 1.807) is 11.3 Å². The van der Waals surface area contributed by atoms with E-state index in [-0.39, 0.29) is 18.7 Å². The van der Waals surface area contributed by atoms with E-state index >= 15 is 0 Å². The van der Waals surface area contributed by atoms with Crippen molar-refractivity contribution in [1.82, 2.24) is 15.2 Å². The molecule has 2 aromatic rings. The summed E-state index contributed by atoms with van der Waals surface area (Å²) in [6, 6.07) is 8.32. The van der Waals surface area contributed by atoms with Crippen molar-refractivity contribution in [3.05, 3.63) is 51.5 Å².